The van der Waals surface area contributed by atoms with Crippen molar-refractivity contribution in [3.63, 3.8) is 0 Å². The van der Waals surface area contributed by atoms with Crippen molar-refractivity contribution in [2.24, 2.45) is 0 Å². The van der Waals surface area contributed by atoms with Crippen LogP contribution in [-0.2, 0) is 0 Å². The lowest BCUT2D eigenvalue weighted by Gasteiger charge is -2.06. The zero-order chi connectivity index (χ0) is 14.0. The first-order valence-electron chi connectivity index (χ1n) is 5.19. The minimum Gasteiger partial charge on any atom is -0.322 e. The fourth-order valence-corrected chi connectivity index (χ4v) is 1.78. The second-order valence-corrected chi connectivity index (χ2v) is 4.53. The Hall–Kier alpha value is -1.65. The predicted octanol–water partition coefficient (Wildman–Crippen LogP) is 4.52. The van der Waals surface area contributed by atoms with Crippen LogP contribution in [0, 0.1) is 11.6 Å². The van der Waals surface area contributed by atoms with Gasteiger partial charge in [-0.1, -0.05) is 23.2 Å². The van der Waals surface area contributed by atoms with Gasteiger partial charge in [0, 0.05) is 11.3 Å². The number of amides is 1. The molecule has 98 valence electrons. The van der Waals surface area contributed by atoms with Gasteiger partial charge in [0.1, 0.15) is 11.6 Å². The van der Waals surface area contributed by atoms with E-state index in [1.165, 1.54) is 24.3 Å². The summed E-state index contributed by atoms with van der Waals surface area (Å²) in [5, 5.41) is 2.25. The molecule has 0 aromatic heterocycles. The van der Waals surface area contributed by atoms with Gasteiger partial charge in [-0.25, -0.2) is 8.78 Å². The van der Waals surface area contributed by atoms with E-state index in [0.717, 1.165) is 12.1 Å². The van der Waals surface area contributed by atoms with Gasteiger partial charge in [0.05, 0.1) is 10.0 Å². The van der Waals surface area contributed by atoms with E-state index in [9.17, 15) is 13.6 Å². The number of halogens is 4. The van der Waals surface area contributed by atoms with Crippen LogP contribution < -0.4 is 5.32 Å². The minimum atomic E-state index is -0.608. The van der Waals surface area contributed by atoms with Gasteiger partial charge in [-0.15, -0.1) is 0 Å². The van der Waals surface area contributed by atoms with Crippen LogP contribution in [0.5, 0.6) is 0 Å². The van der Waals surface area contributed by atoms with E-state index >= 15 is 0 Å². The van der Waals surface area contributed by atoms with Gasteiger partial charge in [0.25, 0.3) is 5.91 Å². The first-order chi connectivity index (χ1) is 8.97. The second-order valence-electron chi connectivity index (χ2n) is 3.71. The van der Waals surface area contributed by atoms with E-state index in [4.69, 9.17) is 23.2 Å². The maximum absolute atomic E-state index is 13.0. The third-order valence-corrected chi connectivity index (χ3v) is 2.94. The van der Waals surface area contributed by atoms with Crippen LogP contribution in [0.1, 0.15) is 10.4 Å². The molecule has 0 spiro atoms. The summed E-state index contributed by atoms with van der Waals surface area (Å²) < 4.78 is 25.9. The topological polar surface area (TPSA) is 29.1 Å². The quantitative estimate of drug-likeness (QED) is 0.868. The summed E-state index contributed by atoms with van der Waals surface area (Å²) in [4.78, 5) is 11.8. The molecule has 2 rings (SSSR count). The summed E-state index contributed by atoms with van der Waals surface area (Å²) in [5.74, 6) is -1.68. The van der Waals surface area contributed by atoms with Gasteiger partial charge in [-0.3, -0.25) is 4.79 Å². The van der Waals surface area contributed by atoms with Crippen molar-refractivity contribution in [2.45, 2.75) is 0 Å². The van der Waals surface area contributed by atoms with Crippen LogP contribution in [0.15, 0.2) is 36.4 Å². The van der Waals surface area contributed by atoms with Gasteiger partial charge in [0.2, 0.25) is 0 Å². The largest absolute Gasteiger partial charge is 0.322 e. The molecular weight excluding hydrogens is 295 g/mol. The maximum Gasteiger partial charge on any atom is 0.255 e. The lowest BCUT2D eigenvalue weighted by molar-refractivity contribution is 0.102. The number of hydrogen-bond donors (Lipinski definition) is 1. The SMILES string of the molecule is O=C(Nc1ccc(F)c(Cl)c1)c1ccc(F)c(Cl)c1. The molecule has 19 heavy (non-hydrogen) atoms. The van der Waals surface area contributed by atoms with Crippen molar-refractivity contribution in [1.29, 1.82) is 0 Å². The highest BCUT2D eigenvalue weighted by Gasteiger charge is 2.10. The zero-order valence-corrected chi connectivity index (χ0v) is 10.9. The Labute approximate surface area is 118 Å². The van der Waals surface area contributed by atoms with Crippen molar-refractivity contribution in [1.82, 2.24) is 0 Å². The Bertz CT molecular complexity index is 647. The van der Waals surface area contributed by atoms with Crippen LogP contribution in [0.2, 0.25) is 10.0 Å². The number of carbonyl (C=O) groups excluding carboxylic acids is 1. The smallest absolute Gasteiger partial charge is 0.255 e. The highest BCUT2D eigenvalue weighted by molar-refractivity contribution is 6.31. The summed E-state index contributed by atoms with van der Waals surface area (Å²) in [6.45, 7) is 0. The number of benzene rings is 2. The lowest BCUT2D eigenvalue weighted by Crippen LogP contribution is -2.12. The van der Waals surface area contributed by atoms with Crippen molar-refractivity contribution in [2.75, 3.05) is 5.32 Å². The number of anilines is 1. The molecule has 0 heterocycles. The molecule has 1 amide bonds. The van der Waals surface area contributed by atoms with Crippen LogP contribution in [0.25, 0.3) is 0 Å². The Morgan fingerprint density at radius 3 is 2.11 bits per heavy atom. The molecule has 2 aromatic carbocycles. The average Bonchev–Trinajstić information content (AvgIpc) is 2.37. The molecule has 0 unspecified atom stereocenters. The van der Waals surface area contributed by atoms with E-state index in [0.29, 0.717) is 5.69 Å². The molecule has 0 atom stereocenters. The van der Waals surface area contributed by atoms with E-state index in [-0.39, 0.29) is 15.6 Å². The first-order valence-corrected chi connectivity index (χ1v) is 5.94. The maximum atomic E-state index is 13.0. The zero-order valence-electron chi connectivity index (χ0n) is 9.38. The van der Waals surface area contributed by atoms with Gasteiger partial charge in [-0.2, -0.15) is 0 Å². The van der Waals surface area contributed by atoms with Crippen molar-refractivity contribution in [3.05, 3.63) is 63.6 Å². The summed E-state index contributed by atoms with van der Waals surface area (Å²) in [5.41, 5.74) is 0.517. The molecule has 2 nitrogen and oxygen atoms in total. The van der Waals surface area contributed by atoms with E-state index in [2.05, 4.69) is 5.32 Å². The molecule has 2 aromatic rings. The van der Waals surface area contributed by atoms with E-state index < -0.39 is 17.5 Å². The second kappa shape index (κ2) is 5.55. The number of rotatable bonds is 2. The monoisotopic (exact) mass is 301 g/mol. The molecule has 0 fully saturated rings. The lowest BCUT2D eigenvalue weighted by atomic mass is 10.2. The summed E-state index contributed by atoms with van der Waals surface area (Å²) >= 11 is 11.2. The Morgan fingerprint density at radius 2 is 1.53 bits per heavy atom. The number of carbonyl (C=O) groups is 1. The standard InChI is InChI=1S/C13H7Cl2F2NO/c14-9-5-7(1-3-11(9)16)13(19)18-8-2-4-12(17)10(15)6-8/h1-6H,(H,18,19). The molecule has 0 bridgehead atoms. The van der Waals surface area contributed by atoms with Gasteiger partial charge >= 0.3 is 0 Å². The van der Waals surface area contributed by atoms with Crippen molar-refractivity contribution >= 4 is 34.8 Å². The fraction of sp³-hybridized carbons (Fsp3) is 0. The van der Waals surface area contributed by atoms with Gasteiger partial charge in [0.15, 0.2) is 0 Å². The third kappa shape index (κ3) is 3.22. The Kier molecular flexibility index (Phi) is 4.02. The molecular formula is C13H7Cl2F2NO. The van der Waals surface area contributed by atoms with Gasteiger partial charge in [-0.05, 0) is 36.4 Å². The van der Waals surface area contributed by atoms with Crippen molar-refractivity contribution < 1.29 is 13.6 Å². The van der Waals surface area contributed by atoms with Gasteiger partial charge < -0.3 is 5.32 Å². The fourth-order valence-electron chi connectivity index (χ4n) is 1.41. The number of hydrogen-bond acceptors (Lipinski definition) is 1. The molecule has 0 aliphatic rings. The van der Waals surface area contributed by atoms with Crippen LogP contribution in [0.4, 0.5) is 14.5 Å². The van der Waals surface area contributed by atoms with E-state index in [1.807, 2.05) is 0 Å². The minimum absolute atomic E-state index is 0.102. The van der Waals surface area contributed by atoms with Crippen LogP contribution in [-0.4, -0.2) is 5.91 Å². The summed E-state index contributed by atoms with van der Waals surface area (Å²) in [6, 6.07) is 7.37. The highest BCUT2D eigenvalue weighted by Crippen LogP contribution is 2.21. The highest BCUT2D eigenvalue weighted by atomic mass is 35.5. The number of nitrogens with one attached hydrogen (secondary N) is 1. The Morgan fingerprint density at radius 1 is 0.947 bits per heavy atom. The predicted molar refractivity (Wildman–Crippen MR) is 70.8 cm³/mol. The molecule has 0 radical (unpaired) electrons. The summed E-state index contributed by atoms with van der Waals surface area (Å²) in [7, 11) is 0. The third-order valence-electron chi connectivity index (χ3n) is 2.36. The molecule has 6 heteroatoms. The molecule has 1 N–H and O–H groups in total. The average molecular weight is 302 g/mol. The first kappa shape index (κ1) is 13.8. The molecule has 0 saturated carbocycles. The van der Waals surface area contributed by atoms with Crippen molar-refractivity contribution in [3.8, 4) is 0 Å². The Balaban J connectivity index is 2.20. The molecule has 0 aliphatic heterocycles. The van der Waals surface area contributed by atoms with Crippen LogP contribution >= 0.6 is 23.2 Å². The van der Waals surface area contributed by atoms with Crippen LogP contribution in [0.3, 0.4) is 0 Å². The molecule has 0 aliphatic carbocycles. The summed E-state index contributed by atoms with van der Waals surface area (Å²) in [6.07, 6.45) is 0. The normalized spacial score (nSPS) is 10.3. The molecule has 0 saturated heterocycles. The van der Waals surface area contributed by atoms with E-state index in [1.54, 1.807) is 0 Å².